The molecule has 0 spiro atoms. The summed E-state index contributed by atoms with van der Waals surface area (Å²) in [5, 5.41) is 13.0. The van der Waals surface area contributed by atoms with Gasteiger partial charge >= 0.3 is 5.97 Å². The van der Waals surface area contributed by atoms with Gasteiger partial charge in [-0.25, -0.2) is 0 Å². The molecule has 0 heterocycles. The van der Waals surface area contributed by atoms with Gasteiger partial charge in [0.2, 0.25) is 0 Å². The molecule has 0 atom stereocenters. The van der Waals surface area contributed by atoms with Crippen LogP contribution in [0, 0.1) is 0 Å². The molecule has 0 saturated carbocycles. The Kier molecular flexibility index (Phi) is 6.41. The molecule has 1 N–H and O–H groups in total. The number of hydrogen-bond donors (Lipinski definition) is 1. The lowest BCUT2D eigenvalue weighted by atomic mass is 10.0. The second kappa shape index (κ2) is 9.37. The number of carboxylic acids is 1. The number of rotatable bonds is 8. The summed E-state index contributed by atoms with van der Waals surface area (Å²) in [4.78, 5) is 15.8. The summed E-state index contributed by atoms with van der Waals surface area (Å²) in [5.41, 5.74) is 4.39. The van der Waals surface area contributed by atoms with Crippen molar-refractivity contribution in [3.63, 3.8) is 0 Å². The first-order chi connectivity index (χ1) is 13.7. The van der Waals surface area contributed by atoms with Gasteiger partial charge in [0, 0.05) is 11.1 Å². The van der Waals surface area contributed by atoms with Gasteiger partial charge in [-0.3, -0.25) is 4.79 Å². The van der Waals surface area contributed by atoms with E-state index in [-0.39, 0.29) is 6.42 Å². The molecular weight excluding hydrogens is 354 g/mol. The number of benzene rings is 3. The first-order valence-electron chi connectivity index (χ1n) is 8.85. The van der Waals surface area contributed by atoms with Crippen molar-refractivity contribution in [2.45, 2.75) is 13.0 Å². The summed E-state index contributed by atoms with van der Waals surface area (Å²) < 4.78 is 5.83. The molecule has 142 valence electrons. The zero-order valence-electron chi connectivity index (χ0n) is 15.5. The molecule has 5 heteroatoms. The van der Waals surface area contributed by atoms with Gasteiger partial charge < -0.3 is 14.7 Å². The molecule has 0 bridgehead atoms. The van der Waals surface area contributed by atoms with Gasteiger partial charge in [0.1, 0.15) is 25.2 Å². The monoisotopic (exact) mass is 375 g/mol. The Labute approximate surface area is 163 Å². The SMILES string of the molecule is CO/N=C(\c1ccccc1)c1cccc(COc2ccc(CC(=O)O)cc2)c1. The lowest BCUT2D eigenvalue weighted by Crippen LogP contribution is -2.05. The van der Waals surface area contributed by atoms with E-state index in [1.807, 2.05) is 54.6 Å². The van der Waals surface area contributed by atoms with Crippen LogP contribution in [-0.4, -0.2) is 23.9 Å². The molecule has 0 radical (unpaired) electrons. The van der Waals surface area contributed by atoms with Crippen molar-refractivity contribution in [3.8, 4) is 5.75 Å². The third kappa shape index (κ3) is 5.20. The fourth-order valence-electron chi connectivity index (χ4n) is 2.81. The molecule has 0 aromatic heterocycles. The Morgan fingerprint density at radius 3 is 2.29 bits per heavy atom. The van der Waals surface area contributed by atoms with Gasteiger partial charge in [-0.2, -0.15) is 0 Å². The molecule has 0 unspecified atom stereocenters. The van der Waals surface area contributed by atoms with Crippen molar-refractivity contribution < 1.29 is 19.5 Å². The van der Waals surface area contributed by atoms with Gasteiger partial charge in [0.15, 0.2) is 0 Å². The number of carboxylic acid groups (broad SMARTS) is 1. The molecule has 3 aromatic rings. The van der Waals surface area contributed by atoms with Crippen LogP contribution in [0.25, 0.3) is 0 Å². The maximum atomic E-state index is 10.8. The second-order valence-corrected chi connectivity index (χ2v) is 6.19. The lowest BCUT2D eigenvalue weighted by molar-refractivity contribution is -0.136. The quantitative estimate of drug-likeness (QED) is 0.471. The van der Waals surface area contributed by atoms with Crippen LogP contribution in [0.3, 0.4) is 0 Å². The number of carbonyl (C=O) groups is 1. The van der Waals surface area contributed by atoms with Crippen LogP contribution >= 0.6 is 0 Å². The Morgan fingerprint density at radius 1 is 0.893 bits per heavy atom. The summed E-state index contributed by atoms with van der Waals surface area (Å²) in [5.74, 6) is -0.161. The standard InChI is InChI=1S/C23H21NO4/c1-27-24-23(19-7-3-2-4-8-19)20-9-5-6-18(14-20)16-28-21-12-10-17(11-13-21)15-22(25)26/h2-14H,15-16H2,1H3,(H,25,26)/b24-23+. The number of oxime groups is 1. The van der Waals surface area contributed by atoms with Crippen molar-refractivity contribution in [1.82, 2.24) is 0 Å². The van der Waals surface area contributed by atoms with E-state index in [1.165, 1.54) is 7.11 Å². The molecule has 5 nitrogen and oxygen atoms in total. The Balaban J connectivity index is 1.72. The van der Waals surface area contributed by atoms with Gasteiger partial charge in [-0.15, -0.1) is 0 Å². The number of ether oxygens (including phenoxy) is 1. The van der Waals surface area contributed by atoms with Crippen LogP contribution in [0.2, 0.25) is 0 Å². The Morgan fingerprint density at radius 2 is 1.61 bits per heavy atom. The zero-order valence-corrected chi connectivity index (χ0v) is 15.5. The molecule has 0 fully saturated rings. The highest BCUT2D eigenvalue weighted by Crippen LogP contribution is 2.17. The molecular formula is C23H21NO4. The highest BCUT2D eigenvalue weighted by atomic mass is 16.6. The predicted molar refractivity (Wildman–Crippen MR) is 108 cm³/mol. The fourth-order valence-corrected chi connectivity index (χ4v) is 2.81. The van der Waals surface area contributed by atoms with Crippen LogP contribution in [0.1, 0.15) is 22.3 Å². The molecule has 0 amide bonds. The second-order valence-electron chi connectivity index (χ2n) is 6.19. The third-order valence-corrected chi connectivity index (χ3v) is 4.11. The zero-order chi connectivity index (χ0) is 19.8. The van der Waals surface area contributed by atoms with Crippen LogP contribution in [0.5, 0.6) is 5.75 Å². The maximum absolute atomic E-state index is 10.8. The van der Waals surface area contributed by atoms with E-state index in [4.69, 9.17) is 14.7 Å². The van der Waals surface area contributed by atoms with Gasteiger partial charge in [-0.05, 0) is 29.3 Å². The van der Waals surface area contributed by atoms with E-state index in [0.29, 0.717) is 12.4 Å². The van der Waals surface area contributed by atoms with Crippen molar-refractivity contribution in [1.29, 1.82) is 0 Å². The normalized spacial score (nSPS) is 11.1. The molecule has 0 aliphatic rings. The van der Waals surface area contributed by atoms with E-state index in [0.717, 1.165) is 28.0 Å². The largest absolute Gasteiger partial charge is 0.489 e. The van der Waals surface area contributed by atoms with Crippen LogP contribution < -0.4 is 4.74 Å². The van der Waals surface area contributed by atoms with Crippen molar-refractivity contribution in [2.24, 2.45) is 5.16 Å². The average Bonchev–Trinajstić information content (AvgIpc) is 2.72. The molecule has 28 heavy (non-hydrogen) atoms. The van der Waals surface area contributed by atoms with E-state index in [2.05, 4.69) is 5.16 Å². The summed E-state index contributed by atoms with van der Waals surface area (Å²) in [6, 6.07) is 24.9. The maximum Gasteiger partial charge on any atom is 0.307 e. The molecule has 0 saturated heterocycles. The molecule has 3 rings (SSSR count). The van der Waals surface area contributed by atoms with Crippen LogP contribution in [0.4, 0.5) is 0 Å². The van der Waals surface area contributed by atoms with Crippen molar-refractivity contribution >= 4 is 11.7 Å². The Hall–Kier alpha value is -3.60. The first kappa shape index (κ1) is 19.2. The molecule has 3 aromatic carbocycles. The topological polar surface area (TPSA) is 68.1 Å². The van der Waals surface area contributed by atoms with Crippen LogP contribution in [-0.2, 0) is 22.7 Å². The van der Waals surface area contributed by atoms with Gasteiger partial charge in [-0.1, -0.05) is 65.8 Å². The smallest absolute Gasteiger partial charge is 0.307 e. The van der Waals surface area contributed by atoms with E-state index < -0.39 is 5.97 Å². The predicted octanol–water partition coefficient (Wildman–Crippen LogP) is 4.29. The average molecular weight is 375 g/mol. The number of aliphatic carboxylic acids is 1. The van der Waals surface area contributed by atoms with E-state index in [1.54, 1.807) is 24.3 Å². The van der Waals surface area contributed by atoms with Crippen molar-refractivity contribution in [3.05, 3.63) is 101 Å². The van der Waals surface area contributed by atoms with E-state index >= 15 is 0 Å². The van der Waals surface area contributed by atoms with E-state index in [9.17, 15) is 4.79 Å². The minimum atomic E-state index is -0.850. The minimum absolute atomic E-state index is 0.00340. The van der Waals surface area contributed by atoms with Gasteiger partial charge in [0.25, 0.3) is 0 Å². The van der Waals surface area contributed by atoms with Gasteiger partial charge in [0.05, 0.1) is 6.42 Å². The summed E-state index contributed by atoms with van der Waals surface area (Å²) >= 11 is 0. The highest BCUT2D eigenvalue weighted by Gasteiger charge is 2.09. The molecule has 0 aliphatic carbocycles. The number of nitrogens with zero attached hydrogens (tertiary/aromatic N) is 1. The minimum Gasteiger partial charge on any atom is -0.489 e. The fraction of sp³-hybridized carbons (Fsp3) is 0.130. The number of hydrogen-bond acceptors (Lipinski definition) is 4. The lowest BCUT2D eigenvalue weighted by Gasteiger charge is -2.10. The Bertz CT molecular complexity index is 950. The summed E-state index contributed by atoms with van der Waals surface area (Å²) in [7, 11) is 1.53. The van der Waals surface area contributed by atoms with Crippen molar-refractivity contribution in [2.75, 3.05) is 7.11 Å². The van der Waals surface area contributed by atoms with Crippen LogP contribution in [0.15, 0.2) is 84.0 Å². The highest BCUT2D eigenvalue weighted by molar-refractivity contribution is 6.12. The summed E-state index contributed by atoms with van der Waals surface area (Å²) in [6.07, 6.45) is 0.00340. The summed E-state index contributed by atoms with van der Waals surface area (Å²) in [6.45, 7) is 0.390. The molecule has 0 aliphatic heterocycles. The first-order valence-corrected chi connectivity index (χ1v) is 8.85. The third-order valence-electron chi connectivity index (χ3n) is 4.11.